The Labute approximate surface area is 88.5 Å². The lowest BCUT2D eigenvalue weighted by Crippen LogP contribution is -2.03. The lowest BCUT2D eigenvalue weighted by molar-refractivity contribution is -0.118. The van der Waals surface area contributed by atoms with E-state index in [1.165, 1.54) is 0 Å². The average Bonchev–Trinajstić information content (AvgIpc) is 2.62. The van der Waals surface area contributed by atoms with Crippen molar-refractivity contribution in [2.75, 3.05) is 0 Å². The number of hydrogen-bond donors (Lipinski definition) is 0. The largest absolute Gasteiger partial charge is 0.300 e. The van der Waals surface area contributed by atoms with Gasteiger partial charge >= 0.3 is 0 Å². The van der Waals surface area contributed by atoms with Gasteiger partial charge in [-0.25, -0.2) is 0 Å². The number of carbonyl (C=O) groups excluding carboxylic acids is 2. The van der Waals surface area contributed by atoms with Crippen molar-refractivity contribution in [1.29, 1.82) is 0 Å². The number of aryl methyl sites for hydroxylation is 1. The SMILES string of the molecule is CCC(=O)Cc1cn(CCC(C)=O)nn1. The normalized spacial score (nSPS) is 10.3. The Bertz CT molecular complexity index is 357. The van der Waals surface area contributed by atoms with Gasteiger partial charge in [-0.15, -0.1) is 5.10 Å². The third-order valence-electron chi connectivity index (χ3n) is 2.05. The van der Waals surface area contributed by atoms with Gasteiger partial charge in [-0.2, -0.15) is 0 Å². The molecule has 0 spiro atoms. The molecule has 0 bridgehead atoms. The highest BCUT2D eigenvalue weighted by atomic mass is 16.1. The van der Waals surface area contributed by atoms with E-state index < -0.39 is 0 Å². The Kier molecular flexibility index (Phi) is 4.15. The predicted octanol–water partition coefficient (Wildman–Crippen LogP) is 0.779. The first kappa shape index (κ1) is 11.6. The van der Waals surface area contributed by atoms with E-state index >= 15 is 0 Å². The van der Waals surface area contributed by atoms with Crippen LogP contribution >= 0.6 is 0 Å². The zero-order valence-corrected chi connectivity index (χ0v) is 9.06. The van der Waals surface area contributed by atoms with Crippen LogP contribution in [0.4, 0.5) is 0 Å². The Morgan fingerprint density at radius 3 is 2.80 bits per heavy atom. The van der Waals surface area contributed by atoms with Crippen LogP contribution in [0.15, 0.2) is 6.20 Å². The molecule has 1 heterocycles. The second-order valence-corrected chi connectivity index (χ2v) is 3.49. The minimum atomic E-state index is 0.122. The Morgan fingerprint density at radius 1 is 1.47 bits per heavy atom. The Morgan fingerprint density at radius 2 is 2.20 bits per heavy atom. The highest BCUT2D eigenvalue weighted by Crippen LogP contribution is 1.98. The van der Waals surface area contributed by atoms with Crippen LogP contribution in [0.5, 0.6) is 0 Å². The molecule has 0 aliphatic rings. The van der Waals surface area contributed by atoms with Gasteiger partial charge in [0.1, 0.15) is 11.6 Å². The first-order chi connectivity index (χ1) is 7.11. The predicted molar refractivity (Wildman–Crippen MR) is 54.3 cm³/mol. The number of rotatable bonds is 6. The summed E-state index contributed by atoms with van der Waals surface area (Å²) in [6.45, 7) is 3.89. The van der Waals surface area contributed by atoms with Crippen LogP contribution in [0.2, 0.25) is 0 Å². The molecule has 0 radical (unpaired) electrons. The number of aromatic nitrogens is 3. The summed E-state index contributed by atoms with van der Waals surface area (Å²) in [6.07, 6.45) is 3.01. The number of hydrogen-bond acceptors (Lipinski definition) is 4. The fourth-order valence-corrected chi connectivity index (χ4v) is 1.13. The minimum Gasteiger partial charge on any atom is -0.300 e. The van der Waals surface area contributed by atoms with E-state index in [9.17, 15) is 9.59 Å². The molecular formula is C10H15N3O2. The van der Waals surface area contributed by atoms with E-state index in [-0.39, 0.29) is 11.6 Å². The smallest absolute Gasteiger partial charge is 0.138 e. The first-order valence-corrected chi connectivity index (χ1v) is 5.02. The quantitative estimate of drug-likeness (QED) is 0.694. The van der Waals surface area contributed by atoms with Crippen molar-refractivity contribution in [1.82, 2.24) is 15.0 Å². The second kappa shape index (κ2) is 5.38. The maximum absolute atomic E-state index is 11.1. The van der Waals surface area contributed by atoms with Crippen LogP contribution in [0.3, 0.4) is 0 Å². The molecular weight excluding hydrogens is 194 g/mol. The number of Topliss-reactive ketones (excluding diaryl/α,β-unsaturated/α-hetero) is 2. The molecule has 1 rings (SSSR count). The molecule has 5 nitrogen and oxygen atoms in total. The van der Waals surface area contributed by atoms with Crippen LogP contribution in [0.25, 0.3) is 0 Å². The molecule has 1 aromatic rings. The highest BCUT2D eigenvalue weighted by Gasteiger charge is 2.05. The van der Waals surface area contributed by atoms with Crippen LogP contribution in [0.1, 0.15) is 32.4 Å². The summed E-state index contributed by atoms with van der Waals surface area (Å²) in [5.74, 6) is 0.269. The molecule has 0 unspecified atom stereocenters. The lowest BCUT2D eigenvalue weighted by atomic mass is 10.2. The van der Waals surface area contributed by atoms with Crippen LogP contribution in [-0.4, -0.2) is 26.6 Å². The van der Waals surface area contributed by atoms with Crippen molar-refractivity contribution in [3.05, 3.63) is 11.9 Å². The van der Waals surface area contributed by atoms with Gasteiger partial charge in [0.25, 0.3) is 0 Å². The minimum absolute atomic E-state index is 0.122. The molecule has 0 aliphatic carbocycles. The van der Waals surface area contributed by atoms with Gasteiger partial charge in [-0.05, 0) is 6.92 Å². The van der Waals surface area contributed by atoms with E-state index in [1.807, 2.05) is 6.92 Å². The van der Waals surface area contributed by atoms with Gasteiger partial charge in [0.2, 0.25) is 0 Å². The molecule has 82 valence electrons. The summed E-state index contributed by atoms with van der Waals surface area (Å²) in [5.41, 5.74) is 0.672. The molecule has 0 saturated carbocycles. The van der Waals surface area contributed by atoms with Crippen molar-refractivity contribution in [3.8, 4) is 0 Å². The molecule has 0 N–H and O–H groups in total. The number of nitrogens with zero attached hydrogens (tertiary/aromatic N) is 3. The van der Waals surface area contributed by atoms with Crippen molar-refractivity contribution in [2.24, 2.45) is 0 Å². The van der Waals surface area contributed by atoms with Crippen molar-refractivity contribution in [2.45, 2.75) is 39.7 Å². The molecule has 0 saturated heterocycles. The maximum atomic E-state index is 11.1. The fourth-order valence-electron chi connectivity index (χ4n) is 1.13. The van der Waals surface area contributed by atoms with E-state index in [0.717, 1.165) is 0 Å². The molecule has 0 aromatic carbocycles. The van der Waals surface area contributed by atoms with E-state index in [2.05, 4.69) is 10.3 Å². The van der Waals surface area contributed by atoms with E-state index in [4.69, 9.17) is 0 Å². The molecule has 0 fully saturated rings. The fraction of sp³-hybridized carbons (Fsp3) is 0.600. The second-order valence-electron chi connectivity index (χ2n) is 3.49. The summed E-state index contributed by atoms with van der Waals surface area (Å²) in [5, 5.41) is 7.70. The van der Waals surface area contributed by atoms with Gasteiger partial charge in [-0.1, -0.05) is 12.1 Å². The Hall–Kier alpha value is -1.52. The van der Waals surface area contributed by atoms with Gasteiger partial charge in [0.15, 0.2) is 0 Å². The summed E-state index contributed by atoms with van der Waals surface area (Å²) in [6, 6.07) is 0. The van der Waals surface area contributed by atoms with Gasteiger partial charge in [0.05, 0.1) is 12.1 Å². The zero-order valence-electron chi connectivity index (χ0n) is 9.06. The zero-order chi connectivity index (χ0) is 11.3. The molecule has 5 heteroatoms. The van der Waals surface area contributed by atoms with Gasteiger partial charge < -0.3 is 0 Å². The molecule has 1 aromatic heterocycles. The molecule has 0 aliphatic heterocycles. The average molecular weight is 209 g/mol. The molecule has 0 atom stereocenters. The summed E-state index contributed by atoms with van der Waals surface area (Å²) < 4.78 is 1.60. The summed E-state index contributed by atoms with van der Waals surface area (Å²) >= 11 is 0. The van der Waals surface area contributed by atoms with Crippen LogP contribution in [0, 0.1) is 0 Å². The third-order valence-corrected chi connectivity index (χ3v) is 2.05. The number of ketones is 2. The van der Waals surface area contributed by atoms with Crippen LogP contribution < -0.4 is 0 Å². The van der Waals surface area contributed by atoms with Gasteiger partial charge in [-0.3, -0.25) is 14.3 Å². The van der Waals surface area contributed by atoms with E-state index in [1.54, 1.807) is 17.8 Å². The Balaban J connectivity index is 2.49. The summed E-state index contributed by atoms with van der Waals surface area (Å²) in [7, 11) is 0. The topological polar surface area (TPSA) is 64.8 Å². The summed E-state index contributed by atoms with van der Waals surface area (Å²) in [4.78, 5) is 21.9. The monoisotopic (exact) mass is 209 g/mol. The maximum Gasteiger partial charge on any atom is 0.138 e. The standard InChI is InChI=1S/C10H15N3O2/c1-3-10(15)6-9-7-13(12-11-9)5-4-8(2)14/h7H,3-6H2,1-2H3. The van der Waals surface area contributed by atoms with Crippen molar-refractivity contribution >= 4 is 11.6 Å². The first-order valence-electron chi connectivity index (χ1n) is 5.02. The molecule has 15 heavy (non-hydrogen) atoms. The van der Waals surface area contributed by atoms with Crippen molar-refractivity contribution in [3.63, 3.8) is 0 Å². The van der Waals surface area contributed by atoms with E-state index in [0.29, 0.717) is 31.5 Å². The van der Waals surface area contributed by atoms with Crippen LogP contribution in [-0.2, 0) is 22.6 Å². The van der Waals surface area contributed by atoms with Gasteiger partial charge in [0, 0.05) is 25.6 Å². The molecule has 0 amide bonds. The lowest BCUT2D eigenvalue weighted by Gasteiger charge is -1.95. The van der Waals surface area contributed by atoms with Crippen molar-refractivity contribution < 1.29 is 9.59 Å². The number of carbonyl (C=O) groups is 2. The highest BCUT2D eigenvalue weighted by molar-refractivity contribution is 5.80. The third kappa shape index (κ3) is 4.01.